The van der Waals surface area contributed by atoms with Crippen LogP contribution < -0.4 is 10.1 Å². The Bertz CT molecular complexity index is 1030. The summed E-state index contributed by atoms with van der Waals surface area (Å²) in [4.78, 5) is 16.4. The van der Waals surface area contributed by atoms with E-state index < -0.39 is 0 Å². The van der Waals surface area contributed by atoms with E-state index in [1.807, 2.05) is 36.4 Å². The lowest BCUT2D eigenvalue weighted by Gasteiger charge is -2.38. The molecule has 5 heteroatoms. The molecule has 0 unspecified atom stereocenters. The Kier molecular flexibility index (Phi) is 5.33. The quantitative estimate of drug-likeness (QED) is 0.682. The largest absolute Gasteiger partial charge is 0.496 e. The van der Waals surface area contributed by atoms with Crippen molar-refractivity contribution in [2.45, 2.75) is 32.1 Å². The minimum atomic E-state index is -0.189. The Morgan fingerprint density at radius 1 is 1.17 bits per heavy atom. The zero-order valence-corrected chi connectivity index (χ0v) is 17.3. The molecule has 0 saturated carbocycles. The van der Waals surface area contributed by atoms with Crippen molar-refractivity contribution in [3.05, 3.63) is 64.8 Å². The van der Waals surface area contributed by atoms with Crippen LogP contribution >= 0.6 is 0 Å². The maximum absolute atomic E-state index is 13.0. The van der Waals surface area contributed by atoms with E-state index in [0.717, 1.165) is 40.8 Å². The number of aromatic amines is 1. The van der Waals surface area contributed by atoms with Gasteiger partial charge in [-0.2, -0.15) is 0 Å². The van der Waals surface area contributed by atoms with Crippen LogP contribution in [0.15, 0.2) is 42.5 Å². The summed E-state index contributed by atoms with van der Waals surface area (Å²) in [6.45, 7) is 6.05. The number of benzene rings is 2. The van der Waals surface area contributed by atoms with Crippen LogP contribution in [0, 0.1) is 13.8 Å². The normalized spacial score (nSPS) is 16.0. The van der Waals surface area contributed by atoms with Gasteiger partial charge in [0.2, 0.25) is 0 Å². The predicted octanol–water partition coefficient (Wildman–Crippen LogP) is 4.27. The van der Waals surface area contributed by atoms with Gasteiger partial charge in [-0.05, 0) is 56.5 Å². The van der Waals surface area contributed by atoms with Gasteiger partial charge in [-0.15, -0.1) is 0 Å². The molecule has 1 aliphatic heterocycles. The first-order valence-electron chi connectivity index (χ1n) is 10.1. The SMILES string of the molecule is COc1ccccc1C1(CNC(=O)c2ccc3[nH]c(C)c(C)c3c2)CCOCC1. The van der Waals surface area contributed by atoms with Crippen molar-refractivity contribution in [3.8, 4) is 5.75 Å². The van der Waals surface area contributed by atoms with E-state index in [1.54, 1.807) is 7.11 Å². The minimum absolute atomic E-state index is 0.0501. The molecule has 5 nitrogen and oxygen atoms in total. The number of carbonyl (C=O) groups is 1. The summed E-state index contributed by atoms with van der Waals surface area (Å²) in [5.74, 6) is 0.814. The smallest absolute Gasteiger partial charge is 0.251 e. The maximum atomic E-state index is 13.0. The second-order valence-corrected chi connectivity index (χ2v) is 7.91. The molecule has 0 radical (unpaired) electrons. The van der Waals surface area contributed by atoms with Crippen LogP contribution in [0.2, 0.25) is 0 Å². The highest BCUT2D eigenvalue weighted by Gasteiger charge is 2.37. The van der Waals surface area contributed by atoms with Gasteiger partial charge in [-0.1, -0.05) is 18.2 Å². The second-order valence-electron chi connectivity index (χ2n) is 7.91. The Hall–Kier alpha value is -2.79. The molecule has 0 atom stereocenters. The Balaban J connectivity index is 1.59. The molecule has 1 fully saturated rings. The van der Waals surface area contributed by atoms with Crippen LogP contribution in [-0.4, -0.2) is 37.8 Å². The minimum Gasteiger partial charge on any atom is -0.496 e. The number of hydrogen-bond acceptors (Lipinski definition) is 3. The molecule has 2 aromatic carbocycles. The van der Waals surface area contributed by atoms with Crippen molar-refractivity contribution >= 4 is 16.8 Å². The third-order valence-electron chi connectivity index (χ3n) is 6.29. The third kappa shape index (κ3) is 3.62. The van der Waals surface area contributed by atoms with E-state index in [-0.39, 0.29) is 11.3 Å². The highest BCUT2D eigenvalue weighted by molar-refractivity contribution is 5.99. The first-order valence-corrected chi connectivity index (χ1v) is 10.1. The molecule has 0 aliphatic carbocycles. The average molecular weight is 392 g/mol. The summed E-state index contributed by atoms with van der Waals surface area (Å²) in [5, 5.41) is 4.29. The monoisotopic (exact) mass is 392 g/mol. The number of hydrogen-bond donors (Lipinski definition) is 2. The number of aryl methyl sites for hydroxylation is 2. The number of rotatable bonds is 5. The number of nitrogens with one attached hydrogen (secondary N) is 2. The molecule has 0 bridgehead atoms. The number of amides is 1. The highest BCUT2D eigenvalue weighted by Crippen LogP contribution is 2.39. The van der Waals surface area contributed by atoms with Gasteiger partial charge in [0.25, 0.3) is 5.91 Å². The van der Waals surface area contributed by atoms with Crippen molar-refractivity contribution in [2.24, 2.45) is 0 Å². The second kappa shape index (κ2) is 7.91. The number of aromatic nitrogens is 1. The average Bonchev–Trinajstić information content (AvgIpc) is 3.05. The first-order chi connectivity index (χ1) is 14.0. The third-order valence-corrected chi connectivity index (χ3v) is 6.29. The molecule has 1 saturated heterocycles. The van der Waals surface area contributed by atoms with Crippen LogP contribution in [0.4, 0.5) is 0 Å². The van der Waals surface area contributed by atoms with Crippen molar-refractivity contribution in [1.29, 1.82) is 0 Å². The fraction of sp³-hybridized carbons (Fsp3) is 0.375. The molecule has 0 spiro atoms. The van der Waals surface area contributed by atoms with Crippen LogP contribution in [0.3, 0.4) is 0 Å². The van der Waals surface area contributed by atoms with Crippen LogP contribution in [-0.2, 0) is 10.2 Å². The lowest BCUT2D eigenvalue weighted by Crippen LogP contribution is -2.44. The van der Waals surface area contributed by atoms with Crippen LogP contribution in [0.1, 0.15) is 40.0 Å². The molecule has 1 aliphatic rings. The number of ether oxygens (including phenoxy) is 2. The van der Waals surface area contributed by atoms with Crippen molar-refractivity contribution in [3.63, 3.8) is 0 Å². The van der Waals surface area contributed by atoms with Gasteiger partial charge in [0, 0.05) is 52.9 Å². The molecule has 4 rings (SSSR count). The zero-order chi connectivity index (χ0) is 20.4. The van der Waals surface area contributed by atoms with E-state index in [0.29, 0.717) is 25.3 Å². The van der Waals surface area contributed by atoms with E-state index in [4.69, 9.17) is 9.47 Å². The van der Waals surface area contributed by atoms with E-state index in [1.165, 1.54) is 5.56 Å². The van der Waals surface area contributed by atoms with E-state index >= 15 is 0 Å². The standard InChI is InChI=1S/C24H28N2O3/c1-16-17(2)26-21-9-8-18(14-19(16)21)23(27)25-15-24(10-12-29-13-11-24)20-6-4-5-7-22(20)28-3/h4-9,14,26H,10-13,15H2,1-3H3,(H,25,27). The zero-order valence-electron chi connectivity index (χ0n) is 17.3. The number of fused-ring (bicyclic) bond motifs is 1. The number of methoxy groups -OCH3 is 1. The first kappa shape index (κ1) is 19.5. The fourth-order valence-corrected chi connectivity index (χ4v) is 4.34. The Labute approximate surface area is 171 Å². The summed E-state index contributed by atoms with van der Waals surface area (Å²) in [5.41, 5.74) is 5.01. The van der Waals surface area contributed by atoms with Crippen molar-refractivity contribution in [2.75, 3.05) is 26.9 Å². The number of H-pyrrole nitrogens is 1. The van der Waals surface area contributed by atoms with Crippen LogP contribution in [0.5, 0.6) is 5.75 Å². The Morgan fingerprint density at radius 2 is 1.93 bits per heavy atom. The summed E-state index contributed by atoms with van der Waals surface area (Å²) >= 11 is 0. The van der Waals surface area contributed by atoms with Gasteiger partial charge < -0.3 is 19.8 Å². The lowest BCUT2D eigenvalue weighted by atomic mass is 9.73. The molecule has 3 aromatic rings. The van der Waals surface area contributed by atoms with Crippen molar-refractivity contribution < 1.29 is 14.3 Å². The summed E-state index contributed by atoms with van der Waals surface area (Å²) in [6.07, 6.45) is 1.70. The van der Waals surface area contributed by atoms with Crippen LogP contribution in [0.25, 0.3) is 10.9 Å². The molecular weight excluding hydrogens is 364 g/mol. The maximum Gasteiger partial charge on any atom is 0.251 e. The topological polar surface area (TPSA) is 63.3 Å². The number of carbonyl (C=O) groups excluding carboxylic acids is 1. The molecule has 152 valence electrons. The molecule has 2 N–H and O–H groups in total. The molecule has 2 heterocycles. The Morgan fingerprint density at radius 3 is 2.69 bits per heavy atom. The van der Waals surface area contributed by atoms with E-state index in [2.05, 4.69) is 30.2 Å². The van der Waals surface area contributed by atoms with E-state index in [9.17, 15) is 4.79 Å². The van der Waals surface area contributed by atoms with Gasteiger partial charge in [-0.25, -0.2) is 0 Å². The molecule has 29 heavy (non-hydrogen) atoms. The summed E-state index contributed by atoms with van der Waals surface area (Å²) in [6, 6.07) is 13.9. The molecule has 1 amide bonds. The molecule has 1 aromatic heterocycles. The summed E-state index contributed by atoms with van der Waals surface area (Å²) in [7, 11) is 1.70. The van der Waals surface area contributed by atoms with Gasteiger partial charge in [0.1, 0.15) is 5.75 Å². The summed E-state index contributed by atoms with van der Waals surface area (Å²) < 4.78 is 11.2. The highest BCUT2D eigenvalue weighted by atomic mass is 16.5. The predicted molar refractivity (Wildman–Crippen MR) is 115 cm³/mol. The lowest BCUT2D eigenvalue weighted by molar-refractivity contribution is 0.0479. The van der Waals surface area contributed by atoms with Gasteiger partial charge in [0.15, 0.2) is 0 Å². The van der Waals surface area contributed by atoms with Crippen molar-refractivity contribution in [1.82, 2.24) is 10.3 Å². The fourth-order valence-electron chi connectivity index (χ4n) is 4.34. The van der Waals surface area contributed by atoms with Gasteiger partial charge in [0.05, 0.1) is 7.11 Å². The van der Waals surface area contributed by atoms with Gasteiger partial charge >= 0.3 is 0 Å². The number of para-hydroxylation sites is 1. The van der Waals surface area contributed by atoms with Gasteiger partial charge in [-0.3, -0.25) is 4.79 Å². The molecular formula is C24H28N2O3.